The number of hydrogen-bond acceptors (Lipinski definition) is 5. The summed E-state index contributed by atoms with van der Waals surface area (Å²) < 4.78 is 0. The van der Waals surface area contributed by atoms with E-state index >= 15 is 0 Å². The molecule has 8 nitrogen and oxygen atoms in total. The van der Waals surface area contributed by atoms with Gasteiger partial charge in [-0.1, -0.05) is 12.1 Å². The predicted molar refractivity (Wildman–Crippen MR) is 114 cm³/mol. The number of aliphatic hydroxyl groups excluding tert-OH is 1. The van der Waals surface area contributed by atoms with E-state index in [4.69, 9.17) is 0 Å². The summed E-state index contributed by atoms with van der Waals surface area (Å²) in [6.07, 6.45) is 1.91. The van der Waals surface area contributed by atoms with Crippen LogP contribution in [0.3, 0.4) is 0 Å². The lowest BCUT2D eigenvalue weighted by atomic mass is 10.0. The highest BCUT2D eigenvalue weighted by Gasteiger charge is 2.33. The highest BCUT2D eigenvalue weighted by Crippen LogP contribution is 2.20. The summed E-state index contributed by atoms with van der Waals surface area (Å²) in [5.74, 6) is 1.06. The molecule has 0 saturated carbocycles. The molecule has 30 heavy (non-hydrogen) atoms. The van der Waals surface area contributed by atoms with Crippen molar-refractivity contribution in [1.82, 2.24) is 24.7 Å². The van der Waals surface area contributed by atoms with E-state index in [1.54, 1.807) is 6.92 Å². The van der Waals surface area contributed by atoms with Gasteiger partial charge in [-0.15, -0.1) is 0 Å². The fourth-order valence-electron chi connectivity index (χ4n) is 4.62. The number of piperazine rings is 1. The Morgan fingerprint density at radius 1 is 1.07 bits per heavy atom. The molecule has 2 aliphatic heterocycles. The highest BCUT2D eigenvalue weighted by atomic mass is 16.3. The van der Waals surface area contributed by atoms with Crippen LogP contribution < -0.4 is 0 Å². The second kappa shape index (κ2) is 9.14. The summed E-state index contributed by atoms with van der Waals surface area (Å²) in [6, 6.07) is 7.92. The zero-order valence-corrected chi connectivity index (χ0v) is 17.6. The van der Waals surface area contributed by atoms with Gasteiger partial charge in [-0.2, -0.15) is 0 Å². The molecule has 0 radical (unpaired) electrons. The van der Waals surface area contributed by atoms with Crippen molar-refractivity contribution in [2.24, 2.45) is 0 Å². The Labute approximate surface area is 176 Å². The molecule has 2 aliphatic rings. The Morgan fingerprint density at radius 3 is 2.53 bits per heavy atom. The molecule has 1 aromatic heterocycles. The smallest absolute Gasteiger partial charge is 0.223 e. The fourth-order valence-corrected chi connectivity index (χ4v) is 4.62. The van der Waals surface area contributed by atoms with Crippen LogP contribution in [0, 0.1) is 0 Å². The van der Waals surface area contributed by atoms with Crippen LogP contribution in [0.25, 0.3) is 11.0 Å². The molecule has 2 amide bonds. The number of H-pyrrole nitrogens is 1. The lowest BCUT2D eigenvalue weighted by molar-refractivity contribution is -0.132. The molecule has 0 aliphatic carbocycles. The molecule has 1 aromatic carbocycles. The molecule has 0 spiro atoms. The van der Waals surface area contributed by atoms with E-state index in [1.165, 1.54) is 0 Å². The number of likely N-dealkylation sites (tertiary alicyclic amines) is 1. The van der Waals surface area contributed by atoms with Crippen LogP contribution in [0.5, 0.6) is 0 Å². The summed E-state index contributed by atoms with van der Waals surface area (Å²) in [4.78, 5) is 38.2. The van der Waals surface area contributed by atoms with Gasteiger partial charge in [0.25, 0.3) is 0 Å². The van der Waals surface area contributed by atoms with E-state index in [0.717, 1.165) is 36.4 Å². The predicted octanol–water partition coefficient (Wildman–Crippen LogP) is 1.01. The maximum atomic E-state index is 12.8. The molecular weight excluding hydrogens is 382 g/mol. The first-order valence-electron chi connectivity index (χ1n) is 10.9. The Kier molecular flexibility index (Phi) is 6.34. The molecule has 3 heterocycles. The molecule has 4 rings (SSSR count). The summed E-state index contributed by atoms with van der Waals surface area (Å²) in [5, 5.41) is 10.7. The first kappa shape index (κ1) is 20.8. The molecule has 2 N–H and O–H groups in total. The Morgan fingerprint density at radius 2 is 1.80 bits per heavy atom. The van der Waals surface area contributed by atoms with Gasteiger partial charge in [0.2, 0.25) is 11.8 Å². The van der Waals surface area contributed by atoms with Crippen molar-refractivity contribution in [2.75, 3.05) is 39.3 Å². The molecule has 162 valence electrons. The van der Waals surface area contributed by atoms with Gasteiger partial charge in [0.15, 0.2) is 0 Å². The summed E-state index contributed by atoms with van der Waals surface area (Å²) in [6.45, 7) is 5.82. The summed E-state index contributed by atoms with van der Waals surface area (Å²) in [7, 11) is 0. The number of aromatic nitrogens is 2. The number of carbonyl (C=O) groups is 2. The first-order chi connectivity index (χ1) is 14.5. The van der Waals surface area contributed by atoms with Gasteiger partial charge >= 0.3 is 0 Å². The second-order valence-electron chi connectivity index (χ2n) is 8.34. The van der Waals surface area contributed by atoms with Crippen molar-refractivity contribution in [1.29, 1.82) is 0 Å². The quantitative estimate of drug-likeness (QED) is 0.781. The van der Waals surface area contributed by atoms with Crippen molar-refractivity contribution < 1.29 is 14.7 Å². The van der Waals surface area contributed by atoms with Crippen LogP contribution in [0.2, 0.25) is 0 Å². The van der Waals surface area contributed by atoms with E-state index in [0.29, 0.717) is 45.4 Å². The summed E-state index contributed by atoms with van der Waals surface area (Å²) >= 11 is 0. The first-order valence-corrected chi connectivity index (χ1v) is 10.9. The minimum Gasteiger partial charge on any atom is -0.391 e. The molecule has 8 heteroatoms. The van der Waals surface area contributed by atoms with Gasteiger partial charge in [0, 0.05) is 65.1 Å². The molecular formula is C22H31N5O3. The summed E-state index contributed by atoms with van der Waals surface area (Å²) in [5.41, 5.74) is 1.91. The van der Waals surface area contributed by atoms with Crippen molar-refractivity contribution in [3.8, 4) is 0 Å². The van der Waals surface area contributed by atoms with E-state index in [1.807, 2.05) is 34.1 Å². The molecule has 2 aromatic rings. The van der Waals surface area contributed by atoms with Crippen LogP contribution in [0.1, 0.15) is 32.0 Å². The van der Waals surface area contributed by atoms with Gasteiger partial charge in [-0.05, 0) is 25.0 Å². The van der Waals surface area contributed by atoms with Crippen LogP contribution in [0.4, 0.5) is 0 Å². The topological polar surface area (TPSA) is 92.8 Å². The minimum atomic E-state index is -0.443. The third-order valence-corrected chi connectivity index (χ3v) is 6.43. The number of aryl methyl sites for hydroxylation is 1. The van der Waals surface area contributed by atoms with Gasteiger partial charge in [0.1, 0.15) is 5.82 Å². The maximum Gasteiger partial charge on any atom is 0.223 e. The van der Waals surface area contributed by atoms with Crippen molar-refractivity contribution in [2.45, 2.75) is 44.8 Å². The number of benzene rings is 1. The largest absolute Gasteiger partial charge is 0.391 e. The van der Waals surface area contributed by atoms with Gasteiger partial charge in [-0.3, -0.25) is 14.5 Å². The number of aliphatic hydroxyl groups is 1. The van der Waals surface area contributed by atoms with Crippen LogP contribution >= 0.6 is 0 Å². The van der Waals surface area contributed by atoms with E-state index in [-0.39, 0.29) is 17.9 Å². The molecule has 0 unspecified atom stereocenters. The number of amides is 2. The second-order valence-corrected chi connectivity index (χ2v) is 8.34. The molecule has 0 bridgehead atoms. The Balaban J connectivity index is 1.29. The number of nitrogens with zero attached hydrogens (tertiary/aromatic N) is 4. The number of carbonyl (C=O) groups excluding carboxylic acids is 2. The zero-order valence-electron chi connectivity index (χ0n) is 17.6. The van der Waals surface area contributed by atoms with Crippen molar-refractivity contribution >= 4 is 22.8 Å². The van der Waals surface area contributed by atoms with E-state index in [2.05, 4.69) is 14.9 Å². The number of rotatable bonds is 4. The van der Waals surface area contributed by atoms with Crippen molar-refractivity contribution in [3.05, 3.63) is 30.1 Å². The monoisotopic (exact) mass is 413 g/mol. The van der Waals surface area contributed by atoms with Gasteiger partial charge < -0.3 is 19.9 Å². The van der Waals surface area contributed by atoms with Crippen LogP contribution in [-0.2, 0) is 16.0 Å². The molecule has 2 fully saturated rings. The fraction of sp³-hybridized carbons (Fsp3) is 0.591. The normalized spacial score (nSPS) is 23.5. The van der Waals surface area contributed by atoms with Crippen LogP contribution in [0.15, 0.2) is 24.3 Å². The van der Waals surface area contributed by atoms with Gasteiger partial charge in [0.05, 0.1) is 17.1 Å². The molecule has 2 saturated heterocycles. The van der Waals surface area contributed by atoms with Crippen molar-refractivity contribution in [3.63, 3.8) is 0 Å². The average Bonchev–Trinajstić information content (AvgIpc) is 3.07. The van der Waals surface area contributed by atoms with E-state index in [9.17, 15) is 14.7 Å². The number of hydrogen-bond donors (Lipinski definition) is 2. The lowest BCUT2D eigenvalue weighted by Crippen LogP contribution is -2.54. The maximum absolute atomic E-state index is 12.8. The third kappa shape index (κ3) is 4.65. The third-order valence-electron chi connectivity index (χ3n) is 6.43. The Bertz CT molecular complexity index is 857. The zero-order chi connectivity index (χ0) is 21.1. The van der Waals surface area contributed by atoms with Crippen LogP contribution in [-0.4, -0.2) is 93.0 Å². The lowest BCUT2D eigenvalue weighted by Gasteiger charge is -2.40. The highest BCUT2D eigenvalue weighted by molar-refractivity contribution is 5.77. The SMILES string of the molecule is CC(=O)N1CCN([C@H]2CCN(C(=O)CCc3nc4ccccc4[nH]3)CC[C@@H]2O)CC1. The number of nitrogens with one attached hydrogen (secondary N) is 1. The number of imidazole rings is 1. The standard InChI is InChI=1S/C22H31N5O3/c1-16(28)25-12-14-26(15-13-25)19-8-10-27(11-9-20(19)29)22(30)7-6-21-23-17-4-2-3-5-18(17)24-21/h2-5,19-20,29H,6-15H2,1H3,(H,23,24)/t19-,20-/m0/s1. The minimum absolute atomic E-state index is 0.0484. The van der Waals surface area contributed by atoms with Gasteiger partial charge in [-0.25, -0.2) is 4.98 Å². The molecule has 2 atom stereocenters. The number of fused-ring (bicyclic) bond motifs is 1. The number of aromatic amines is 1. The van der Waals surface area contributed by atoms with E-state index < -0.39 is 6.10 Å². The average molecular weight is 414 g/mol. The number of para-hydroxylation sites is 2. The Hall–Kier alpha value is -2.45.